The van der Waals surface area contributed by atoms with Crippen LogP contribution in [0.15, 0.2) is 24.3 Å². The van der Waals surface area contributed by atoms with Crippen LogP contribution >= 0.6 is 0 Å². The highest BCUT2D eigenvalue weighted by Crippen LogP contribution is 2.25. The molecule has 1 unspecified atom stereocenters. The van der Waals surface area contributed by atoms with Crippen molar-refractivity contribution in [2.75, 3.05) is 20.6 Å². The molecule has 102 valence electrons. The number of hydrogen-bond donors (Lipinski definition) is 1. The Bertz CT molecular complexity index is 380. The third kappa shape index (κ3) is 5.37. The van der Waals surface area contributed by atoms with Gasteiger partial charge in [-0.3, -0.25) is 0 Å². The first-order valence-electron chi connectivity index (χ1n) is 5.54. The van der Waals surface area contributed by atoms with Crippen LogP contribution in [0.5, 0.6) is 5.75 Å². The van der Waals surface area contributed by atoms with Crippen molar-refractivity contribution in [3.8, 4) is 5.75 Å². The molecule has 0 aliphatic heterocycles. The van der Waals surface area contributed by atoms with Gasteiger partial charge in [0.15, 0.2) is 0 Å². The number of halogens is 3. The summed E-state index contributed by atoms with van der Waals surface area (Å²) in [4.78, 5) is 1.97. The molecule has 0 radical (unpaired) electrons. The van der Waals surface area contributed by atoms with Crippen molar-refractivity contribution in [2.45, 2.75) is 18.8 Å². The lowest BCUT2D eigenvalue weighted by Crippen LogP contribution is -2.20. The van der Waals surface area contributed by atoms with E-state index in [1.54, 1.807) is 6.07 Å². The zero-order valence-electron chi connectivity index (χ0n) is 10.4. The molecule has 1 aromatic rings. The second-order valence-electron chi connectivity index (χ2n) is 4.32. The molecule has 0 amide bonds. The summed E-state index contributed by atoms with van der Waals surface area (Å²) in [7, 11) is 3.83. The third-order valence-electron chi connectivity index (χ3n) is 2.41. The molecule has 1 aromatic carbocycles. The Labute approximate surface area is 104 Å². The first-order valence-corrected chi connectivity index (χ1v) is 5.54. The lowest BCUT2D eigenvalue weighted by molar-refractivity contribution is -0.274. The molecule has 0 saturated heterocycles. The van der Waals surface area contributed by atoms with Crippen molar-refractivity contribution in [3.05, 3.63) is 29.8 Å². The van der Waals surface area contributed by atoms with E-state index >= 15 is 0 Å². The summed E-state index contributed by atoms with van der Waals surface area (Å²) in [6, 6.07) is 5.49. The van der Waals surface area contributed by atoms with Gasteiger partial charge in [-0.25, -0.2) is 0 Å². The number of hydrogen-bond acceptors (Lipinski definition) is 3. The highest BCUT2D eigenvalue weighted by atomic mass is 19.4. The van der Waals surface area contributed by atoms with Crippen molar-refractivity contribution >= 4 is 0 Å². The van der Waals surface area contributed by atoms with Gasteiger partial charge >= 0.3 is 6.36 Å². The molecule has 2 N–H and O–H groups in total. The van der Waals surface area contributed by atoms with Crippen LogP contribution in [0, 0.1) is 0 Å². The fourth-order valence-corrected chi connectivity index (χ4v) is 1.51. The topological polar surface area (TPSA) is 38.5 Å². The molecule has 1 atom stereocenters. The number of nitrogens with zero attached hydrogens (tertiary/aromatic N) is 1. The standard InChI is InChI=1S/C12H17F3N2O/c1-17(2)7-6-11(16)9-4-3-5-10(8-9)18-12(13,14)15/h3-5,8,11H,6-7,16H2,1-2H3. The summed E-state index contributed by atoms with van der Waals surface area (Å²) in [5, 5.41) is 0. The maximum absolute atomic E-state index is 12.1. The van der Waals surface area contributed by atoms with Crippen molar-refractivity contribution < 1.29 is 17.9 Å². The SMILES string of the molecule is CN(C)CCC(N)c1cccc(OC(F)(F)F)c1. The summed E-state index contributed by atoms with van der Waals surface area (Å²) in [5.41, 5.74) is 6.55. The fraction of sp³-hybridized carbons (Fsp3) is 0.500. The fourth-order valence-electron chi connectivity index (χ4n) is 1.51. The van der Waals surface area contributed by atoms with Crippen molar-refractivity contribution in [1.29, 1.82) is 0 Å². The molecule has 3 nitrogen and oxygen atoms in total. The molecule has 0 aromatic heterocycles. The third-order valence-corrected chi connectivity index (χ3v) is 2.41. The van der Waals surface area contributed by atoms with Gasteiger partial charge in [-0.2, -0.15) is 0 Å². The molecule has 0 spiro atoms. The Balaban J connectivity index is 2.69. The Hall–Kier alpha value is -1.27. The molecule has 0 heterocycles. The van der Waals surface area contributed by atoms with Gasteiger partial charge < -0.3 is 15.4 Å². The van der Waals surface area contributed by atoms with E-state index < -0.39 is 6.36 Å². The second-order valence-corrected chi connectivity index (χ2v) is 4.32. The molecular formula is C12H17F3N2O. The minimum Gasteiger partial charge on any atom is -0.406 e. The van der Waals surface area contributed by atoms with Crippen LogP contribution in [0.3, 0.4) is 0 Å². The van der Waals surface area contributed by atoms with Crippen molar-refractivity contribution in [3.63, 3.8) is 0 Å². The minimum absolute atomic E-state index is 0.236. The van der Waals surface area contributed by atoms with E-state index in [0.29, 0.717) is 12.0 Å². The average molecular weight is 262 g/mol. The number of nitrogens with two attached hydrogens (primary N) is 1. The van der Waals surface area contributed by atoms with Gasteiger partial charge in [0.1, 0.15) is 5.75 Å². The summed E-state index contributed by atoms with van der Waals surface area (Å²) in [6.45, 7) is 0.769. The lowest BCUT2D eigenvalue weighted by atomic mass is 10.0. The summed E-state index contributed by atoms with van der Waals surface area (Å²) < 4.78 is 40.1. The predicted octanol–water partition coefficient (Wildman–Crippen LogP) is 2.54. The molecule has 18 heavy (non-hydrogen) atoms. The number of benzene rings is 1. The summed E-state index contributed by atoms with van der Waals surface area (Å²) in [6.07, 6.45) is -4.01. The van der Waals surface area contributed by atoms with Crippen LogP contribution in [0.2, 0.25) is 0 Å². The molecular weight excluding hydrogens is 245 g/mol. The molecule has 0 fully saturated rings. The van der Waals surface area contributed by atoms with E-state index in [0.717, 1.165) is 6.54 Å². The van der Waals surface area contributed by atoms with Crippen LogP contribution in [0.25, 0.3) is 0 Å². The first kappa shape index (κ1) is 14.8. The van der Waals surface area contributed by atoms with Crippen molar-refractivity contribution in [2.24, 2.45) is 5.73 Å². The maximum Gasteiger partial charge on any atom is 0.573 e. The number of rotatable bonds is 5. The molecule has 0 aliphatic carbocycles. The average Bonchev–Trinajstić information content (AvgIpc) is 2.23. The van der Waals surface area contributed by atoms with Crippen molar-refractivity contribution in [1.82, 2.24) is 4.90 Å². The Morgan fingerprint density at radius 3 is 2.56 bits per heavy atom. The summed E-state index contributed by atoms with van der Waals surface area (Å²) in [5.74, 6) is -0.236. The molecule has 0 bridgehead atoms. The van der Waals surface area contributed by atoms with Gasteiger partial charge in [0, 0.05) is 6.04 Å². The first-order chi connectivity index (χ1) is 8.28. The van der Waals surface area contributed by atoms with Gasteiger partial charge in [-0.05, 0) is 44.8 Å². The van der Waals surface area contributed by atoms with Gasteiger partial charge in [-0.15, -0.1) is 13.2 Å². The van der Waals surface area contributed by atoms with E-state index in [4.69, 9.17) is 5.73 Å². The Kier molecular flexibility index (Phi) is 4.98. The second kappa shape index (κ2) is 6.06. The monoisotopic (exact) mass is 262 g/mol. The minimum atomic E-state index is -4.67. The molecule has 1 rings (SSSR count). The normalized spacial score (nSPS) is 13.7. The lowest BCUT2D eigenvalue weighted by Gasteiger charge is -2.16. The van der Waals surface area contributed by atoms with Gasteiger partial charge in [0.2, 0.25) is 0 Å². The quantitative estimate of drug-likeness (QED) is 0.886. The van der Waals surface area contributed by atoms with Gasteiger partial charge in [0.25, 0.3) is 0 Å². The molecule has 6 heteroatoms. The molecule has 0 saturated carbocycles. The van der Waals surface area contributed by atoms with Crippen LogP contribution in [-0.4, -0.2) is 31.9 Å². The Morgan fingerprint density at radius 2 is 2.00 bits per heavy atom. The van der Waals surface area contributed by atoms with E-state index in [1.807, 2.05) is 19.0 Å². The number of alkyl halides is 3. The van der Waals surface area contributed by atoms with Gasteiger partial charge in [0.05, 0.1) is 0 Å². The number of ether oxygens (including phenoxy) is 1. The largest absolute Gasteiger partial charge is 0.573 e. The van der Waals surface area contributed by atoms with Crippen LogP contribution in [0.4, 0.5) is 13.2 Å². The van der Waals surface area contributed by atoms with E-state index in [2.05, 4.69) is 4.74 Å². The van der Waals surface area contributed by atoms with E-state index in [-0.39, 0.29) is 11.8 Å². The van der Waals surface area contributed by atoms with Crippen LogP contribution in [0.1, 0.15) is 18.0 Å². The van der Waals surface area contributed by atoms with Crippen LogP contribution in [-0.2, 0) is 0 Å². The van der Waals surface area contributed by atoms with E-state index in [9.17, 15) is 13.2 Å². The molecule has 0 aliphatic rings. The highest BCUT2D eigenvalue weighted by molar-refractivity contribution is 5.30. The zero-order valence-corrected chi connectivity index (χ0v) is 10.4. The van der Waals surface area contributed by atoms with Gasteiger partial charge in [-0.1, -0.05) is 12.1 Å². The Morgan fingerprint density at radius 1 is 1.33 bits per heavy atom. The van der Waals surface area contributed by atoms with E-state index in [1.165, 1.54) is 18.2 Å². The smallest absolute Gasteiger partial charge is 0.406 e. The van der Waals surface area contributed by atoms with Crippen LogP contribution < -0.4 is 10.5 Å². The summed E-state index contributed by atoms with van der Waals surface area (Å²) >= 11 is 0. The predicted molar refractivity (Wildman–Crippen MR) is 63.2 cm³/mol. The zero-order chi connectivity index (χ0) is 13.8. The maximum atomic E-state index is 12.1. The highest BCUT2D eigenvalue weighted by Gasteiger charge is 2.31.